The van der Waals surface area contributed by atoms with Crippen LogP contribution in [0.2, 0.25) is 0 Å². The molecule has 12 rings (SSSR count). The zero-order valence-corrected chi connectivity index (χ0v) is 37.1. The predicted molar refractivity (Wildman–Crippen MR) is 273 cm³/mol. The van der Waals surface area contributed by atoms with E-state index in [1.54, 1.807) is 11.8 Å². The van der Waals surface area contributed by atoms with Gasteiger partial charge in [-0.1, -0.05) is 157 Å². The second-order valence-corrected chi connectivity index (χ2v) is 18.1. The van der Waals surface area contributed by atoms with E-state index in [-0.39, 0.29) is 0 Å². The number of nitrogens with zero attached hydrogens (tertiary/aromatic N) is 2. The summed E-state index contributed by atoms with van der Waals surface area (Å²) < 4.78 is 59.8. The zero-order chi connectivity index (χ0) is 45.9. The molecule has 0 spiro atoms. The first kappa shape index (κ1) is 41.4. The summed E-state index contributed by atoms with van der Waals surface area (Å²) in [6, 6.07) is 71.6. The molecular formula is C60H37BF4N2S. The molecule has 2 aliphatic heterocycles. The van der Waals surface area contributed by atoms with Crippen molar-refractivity contribution in [1.82, 2.24) is 0 Å². The monoisotopic (exact) mass is 904 g/mol. The summed E-state index contributed by atoms with van der Waals surface area (Å²) >= 11 is 1.66. The molecule has 68 heavy (non-hydrogen) atoms. The van der Waals surface area contributed by atoms with Crippen LogP contribution in [-0.2, 0) is 0 Å². The molecule has 0 N–H and O–H groups in total. The highest BCUT2D eigenvalue weighted by atomic mass is 32.2. The maximum atomic E-state index is 15.0. The molecule has 10 aromatic carbocycles. The van der Waals surface area contributed by atoms with Crippen LogP contribution in [0.15, 0.2) is 234 Å². The van der Waals surface area contributed by atoms with E-state index >= 15 is 8.78 Å². The van der Waals surface area contributed by atoms with Gasteiger partial charge in [0.1, 0.15) is 23.3 Å². The first-order valence-corrected chi connectivity index (χ1v) is 23.2. The van der Waals surface area contributed by atoms with Crippen molar-refractivity contribution in [2.24, 2.45) is 0 Å². The molecule has 0 bridgehead atoms. The second-order valence-electron chi connectivity index (χ2n) is 17.0. The van der Waals surface area contributed by atoms with Crippen LogP contribution in [0.1, 0.15) is 0 Å². The highest BCUT2D eigenvalue weighted by Crippen LogP contribution is 2.51. The fraction of sp³-hybridized carbons (Fsp3) is 0. The van der Waals surface area contributed by atoms with Crippen LogP contribution < -0.4 is 26.2 Å². The van der Waals surface area contributed by atoms with Crippen LogP contribution in [-0.4, -0.2) is 6.71 Å². The molecule has 0 saturated heterocycles. The molecule has 0 fully saturated rings. The minimum Gasteiger partial charge on any atom is -0.310 e. The summed E-state index contributed by atoms with van der Waals surface area (Å²) in [5.41, 5.74) is 14.8. The first-order chi connectivity index (χ1) is 33.3. The molecule has 0 aliphatic carbocycles. The molecule has 2 aliphatic rings. The maximum Gasteiger partial charge on any atom is 0.249 e. The van der Waals surface area contributed by atoms with E-state index in [2.05, 4.69) is 125 Å². The largest absolute Gasteiger partial charge is 0.310 e. The van der Waals surface area contributed by atoms with Gasteiger partial charge in [-0.2, -0.15) is 0 Å². The molecule has 324 valence electrons. The van der Waals surface area contributed by atoms with Crippen LogP contribution in [0.4, 0.5) is 51.7 Å². The summed E-state index contributed by atoms with van der Waals surface area (Å²) in [4.78, 5) is 6.65. The van der Waals surface area contributed by atoms with E-state index < -0.39 is 30.0 Å². The fourth-order valence-corrected chi connectivity index (χ4v) is 11.2. The third-order valence-corrected chi connectivity index (χ3v) is 14.0. The van der Waals surface area contributed by atoms with Crippen molar-refractivity contribution in [2.45, 2.75) is 9.79 Å². The van der Waals surface area contributed by atoms with Gasteiger partial charge in [0.05, 0.1) is 5.69 Å². The molecule has 0 radical (unpaired) electrons. The quantitative estimate of drug-likeness (QED) is 0.111. The number of hydrogen-bond donors (Lipinski definition) is 0. The molecule has 0 saturated carbocycles. The van der Waals surface area contributed by atoms with Crippen LogP contribution in [0.3, 0.4) is 0 Å². The van der Waals surface area contributed by atoms with E-state index in [0.717, 1.165) is 94.7 Å². The van der Waals surface area contributed by atoms with E-state index in [4.69, 9.17) is 0 Å². The fourth-order valence-electron chi connectivity index (χ4n) is 10.00. The Kier molecular flexibility index (Phi) is 10.3. The van der Waals surface area contributed by atoms with Gasteiger partial charge in [-0.3, -0.25) is 0 Å². The lowest BCUT2D eigenvalue weighted by Gasteiger charge is -2.42. The number of hydrogen-bond acceptors (Lipinski definition) is 3. The van der Waals surface area contributed by atoms with Crippen molar-refractivity contribution in [3.8, 4) is 44.5 Å². The number of para-hydroxylation sites is 3. The Morgan fingerprint density at radius 3 is 1.37 bits per heavy atom. The molecule has 8 heteroatoms. The lowest BCUT2D eigenvalue weighted by atomic mass is 9.34. The van der Waals surface area contributed by atoms with Crippen molar-refractivity contribution in [1.29, 1.82) is 0 Å². The normalized spacial score (nSPS) is 12.3. The number of fused-ring (bicyclic) bond motifs is 4. The van der Waals surface area contributed by atoms with Gasteiger partial charge < -0.3 is 9.80 Å². The van der Waals surface area contributed by atoms with Gasteiger partial charge in [0, 0.05) is 61.5 Å². The van der Waals surface area contributed by atoms with Crippen LogP contribution in [0, 0.1) is 23.3 Å². The number of rotatable bonds is 8. The Morgan fingerprint density at radius 2 is 0.838 bits per heavy atom. The minimum atomic E-state index is -0.670. The smallest absolute Gasteiger partial charge is 0.249 e. The third-order valence-electron chi connectivity index (χ3n) is 12.9. The van der Waals surface area contributed by atoms with Crippen LogP contribution >= 0.6 is 11.8 Å². The van der Waals surface area contributed by atoms with Crippen molar-refractivity contribution < 1.29 is 17.6 Å². The van der Waals surface area contributed by atoms with Crippen molar-refractivity contribution in [3.63, 3.8) is 0 Å². The molecule has 0 unspecified atom stereocenters. The average Bonchev–Trinajstić information content (AvgIpc) is 3.36. The van der Waals surface area contributed by atoms with Gasteiger partial charge in [0.15, 0.2) is 0 Å². The highest BCUT2D eigenvalue weighted by molar-refractivity contribution is 8.00. The van der Waals surface area contributed by atoms with Crippen molar-refractivity contribution >= 4 is 69.0 Å². The Morgan fingerprint density at radius 1 is 0.353 bits per heavy atom. The first-order valence-electron chi connectivity index (χ1n) is 22.4. The zero-order valence-electron chi connectivity index (χ0n) is 36.3. The van der Waals surface area contributed by atoms with Crippen molar-refractivity contribution in [3.05, 3.63) is 248 Å². The molecule has 0 amide bonds. The Bertz CT molecular complexity index is 3420. The molecule has 2 heterocycles. The highest BCUT2D eigenvalue weighted by Gasteiger charge is 2.43. The number of anilines is 6. The Hall–Kier alpha value is -8.07. The van der Waals surface area contributed by atoms with Crippen LogP contribution in [0.25, 0.3) is 44.5 Å². The summed E-state index contributed by atoms with van der Waals surface area (Å²) in [7, 11) is 0. The summed E-state index contributed by atoms with van der Waals surface area (Å²) in [6.07, 6.45) is 0. The Balaban J connectivity index is 1.21. The third kappa shape index (κ3) is 7.34. The average molecular weight is 905 g/mol. The molecule has 10 aromatic rings. The SMILES string of the molecule is Fc1cc(F)cc(-c2ccc3c(c2)B2c4cc(-c5cc(F)cc(F)c5)ccc4N(c4c(-c5ccccc5)cccc4-c4ccccc4)c4cc(N(c5ccccc5)c5ccccc5)cc(c42)S3)c1. The lowest BCUT2D eigenvalue weighted by Crippen LogP contribution is -2.60. The predicted octanol–water partition coefficient (Wildman–Crippen LogP) is 15.1. The molecule has 2 nitrogen and oxygen atoms in total. The maximum absolute atomic E-state index is 15.0. The summed E-state index contributed by atoms with van der Waals surface area (Å²) in [5.74, 6) is -2.66. The topological polar surface area (TPSA) is 6.48 Å². The van der Waals surface area contributed by atoms with Gasteiger partial charge in [-0.15, -0.1) is 0 Å². The van der Waals surface area contributed by atoms with Crippen molar-refractivity contribution in [2.75, 3.05) is 9.80 Å². The molecular weight excluding hydrogens is 868 g/mol. The molecule has 0 atom stereocenters. The second kappa shape index (κ2) is 17.0. The van der Waals surface area contributed by atoms with Gasteiger partial charge in [0.2, 0.25) is 6.71 Å². The standard InChI is InChI=1S/C60H37BF4N2S/c62-44-28-42(29-45(63)34-44)40-24-26-55-53(32-40)61-54-33-41(43-30-46(64)35-47(65)31-43)25-27-57(54)68-58-37-50(66(48-18-9-3-10-19-48)49-20-11-4-12-21-49)36-56(59(58)61)67(55)60-51(38-14-5-1-6-15-38)22-13-23-52(60)39-16-7-2-8-17-39/h1-37H. The molecule has 0 aromatic heterocycles. The van der Waals surface area contributed by atoms with Gasteiger partial charge in [-0.25, -0.2) is 17.6 Å². The van der Waals surface area contributed by atoms with E-state index in [0.29, 0.717) is 22.3 Å². The number of halogens is 4. The minimum absolute atomic E-state index is 0.406. The van der Waals surface area contributed by atoms with Gasteiger partial charge >= 0.3 is 0 Å². The van der Waals surface area contributed by atoms with Gasteiger partial charge in [-0.05, 0) is 117 Å². The van der Waals surface area contributed by atoms with E-state index in [1.165, 1.54) is 24.3 Å². The Labute approximate surface area is 396 Å². The van der Waals surface area contributed by atoms with E-state index in [9.17, 15) is 8.78 Å². The number of benzene rings is 10. The lowest BCUT2D eigenvalue weighted by molar-refractivity contribution is 0.583. The van der Waals surface area contributed by atoms with Crippen LogP contribution in [0.5, 0.6) is 0 Å². The summed E-state index contributed by atoms with van der Waals surface area (Å²) in [5, 5.41) is 0. The summed E-state index contributed by atoms with van der Waals surface area (Å²) in [6.45, 7) is -0.417. The van der Waals surface area contributed by atoms with Gasteiger partial charge in [0.25, 0.3) is 0 Å². The van der Waals surface area contributed by atoms with E-state index in [1.807, 2.05) is 72.8 Å².